The first-order chi connectivity index (χ1) is 8.06. The fourth-order valence-corrected chi connectivity index (χ4v) is 1.93. The molecule has 0 atom stereocenters. The van der Waals surface area contributed by atoms with Crippen LogP contribution in [0.1, 0.15) is 21.1 Å². The van der Waals surface area contributed by atoms with Gasteiger partial charge in [-0.1, -0.05) is 6.07 Å². The normalized spacial score (nSPS) is 10.3. The van der Waals surface area contributed by atoms with Crippen molar-refractivity contribution in [2.45, 2.75) is 13.8 Å². The van der Waals surface area contributed by atoms with Crippen LogP contribution in [0.2, 0.25) is 0 Å². The Morgan fingerprint density at radius 2 is 2.18 bits per heavy atom. The predicted octanol–water partition coefficient (Wildman–Crippen LogP) is 3.15. The SMILES string of the molecule is Cc1nc(C(=O)Nc2ccc(C)c(F)c2)cs1. The van der Waals surface area contributed by atoms with Gasteiger partial charge in [0.1, 0.15) is 11.5 Å². The molecule has 3 nitrogen and oxygen atoms in total. The second-order valence-electron chi connectivity index (χ2n) is 3.67. The van der Waals surface area contributed by atoms with Crippen LogP contribution in [0, 0.1) is 19.7 Å². The third-order valence-corrected chi connectivity index (χ3v) is 3.05. The van der Waals surface area contributed by atoms with E-state index >= 15 is 0 Å². The monoisotopic (exact) mass is 250 g/mol. The number of aryl methyl sites for hydroxylation is 2. The van der Waals surface area contributed by atoms with Crippen molar-refractivity contribution in [3.63, 3.8) is 0 Å². The third-order valence-electron chi connectivity index (χ3n) is 2.28. The Morgan fingerprint density at radius 1 is 1.41 bits per heavy atom. The molecule has 0 saturated carbocycles. The lowest BCUT2D eigenvalue weighted by Gasteiger charge is -2.04. The first kappa shape index (κ1) is 11.7. The van der Waals surface area contributed by atoms with Crippen LogP contribution >= 0.6 is 11.3 Å². The minimum Gasteiger partial charge on any atom is -0.321 e. The summed E-state index contributed by atoms with van der Waals surface area (Å²) >= 11 is 1.40. The molecule has 88 valence electrons. The van der Waals surface area contributed by atoms with Crippen LogP contribution in [0.4, 0.5) is 10.1 Å². The zero-order chi connectivity index (χ0) is 12.4. The molecule has 1 aromatic heterocycles. The van der Waals surface area contributed by atoms with E-state index in [2.05, 4.69) is 10.3 Å². The molecule has 2 aromatic rings. The van der Waals surface area contributed by atoms with E-state index in [0.29, 0.717) is 16.9 Å². The number of hydrogen-bond donors (Lipinski definition) is 1. The summed E-state index contributed by atoms with van der Waals surface area (Å²) < 4.78 is 13.3. The summed E-state index contributed by atoms with van der Waals surface area (Å²) in [7, 11) is 0. The van der Waals surface area contributed by atoms with E-state index in [-0.39, 0.29) is 11.7 Å². The van der Waals surface area contributed by atoms with E-state index in [1.807, 2.05) is 6.92 Å². The highest BCUT2D eigenvalue weighted by Crippen LogP contribution is 2.15. The molecule has 0 saturated heterocycles. The molecule has 17 heavy (non-hydrogen) atoms. The highest BCUT2D eigenvalue weighted by Gasteiger charge is 2.10. The minimum atomic E-state index is -0.336. The van der Waals surface area contributed by atoms with Gasteiger partial charge in [0.15, 0.2) is 0 Å². The molecule has 0 fully saturated rings. The maximum absolute atomic E-state index is 13.3. The number of carbonyl (C=O) groups excluding carboxylic acids is 1. The van der Waals surface area contributed by atoms with Crippen LogP contribution in [0.5, 0.6) is 0 Å². The van der Waals surface area contributed by atoms with E-state index < -0.39 is 0 Å². The molecule has 0 aliphatic carbocycles. The van der Waals surface area contributed by atoms with Gasteiger partial charge in [-0.15, -0.1) is 11.3 Å². The topological polar surface area (TPSA) is 42.0 Å². The third kappa shape index (κ3) is 2.68. The molecule has 0 aliphatic heterocycles. The lowest BCUT2D eigenvalue weighted by molar-refractivity contribution is 0.102. The summed E-state index contributed by atoms with van der Waals surface area (Å²) in [6.07, 6.45) is 0. The molecule has 1 N–H and O–H groups in total. The van der Waals surface area contributed by atoms with Crippen molar-refractivity contribution in [3.8, 4) is 0 Å². The number of amides is 1. The number of hydrogen-bond acceptors (Lipinski definition) is 3. The molecule has 0 spiro atoms. The van der Waals surface area contributed by atoms with Gasteiger partial charge in [-0.3, -0.25) is 4.79 Å². The van der Waals surface area contributed by atoms with Gasteiger partial charge < -0.3 is 5.32 Å². The van der Waals surface area contributed by atoms with E-state index in [0.717, 1.165) is 5.01 Å². The van der Waals surface area contributed by atoms with Gasteiger partial charge in [-0.25, -0.2) is 9.37 Å². The summed E-state index contributed by atoms with van der Waals surface area (Å²) in [4.78, 5) is 15.8. The summed E-state index contributed by atoms with van der Waals surface area (Å²) in [6, 6.07) is 4.58. The minimum absolute atomic E-state index is 0.322. The maximum atomic E-state index is 13.3. The average molecular weight is 250 g/mol. The second kappa shape index (κ2) is 4.63. The van der Waals surface area contributed by atoms with E-state index in [1.54, 1.807) is 24.4 Å². The standard InChI is InChI=1S/C12H11FN2OS/c1-7-3-4-9(5-10(7)13)15-12(16)11-6-17-8(2)14-11/h3-6H,1-2H3,(H,15,16). The lowest BCUT2D eigenvalue weighted by atomic mass is 10.2. The van der Waals surface area contributed by atoms with Crippen molar-refractivity contribution >= 4 is 22.9 Å². The van der Waals surface area contributed by atoms with Crippen molar-refractivity contribution in [1.29, 1.82) is 0 Å². The number of thiazole rings is 1. The Labute approximate surface area is 102 Å². The van der Waals surface area contributed by atoms with Gasteiger partial charge in [0, 0.05) is 11.1 Å². The summed E-state index contributed by atoms with van der Waals surface area (Å²) in [5, 5.41) is 5.10. The van der Waals surface area contributed by atoms with Gasteiger partial charge in [0.2, 0.25) is 0 Å². The van der Waals surface area contributed by atoms with E-state index in [1.165, 1.54) is 17.4 Å². The van der Waals surface area contributed by atoms with E-state index in [4.69, 9.17) is 0 Å². The van der Waals surface area contributed by atoms with Crippen LogP contribution in [0.3, 0.4) is 0 Å². The zero-order valence-corrected chi connectivity index (χ0v) is 10.3. The Hall–Kier alpha value is -1.75. The largest absolute Gasteiger partial charge is 0.321 e. The molecule has 0 radical (unpaired) electrons. The Morgan fingerprint density at radius 3 is 2.76 bits per heavy atom. The lowest BCUT2D eigenvalue weighted by Crippen LogP contribution is -2.12. The highest BCUT2D eigenvalue weighted by molar-refractivity contribution is 7.09. The molecule has 5 heteroatoms. The van der Waals surface area contributed by atoms with Gasteiger partial charge in [0.25, 0.3) is 5.91 Å². The average Bonchev–Trinajstić information content (AvgIpc) is 2.70. The highest BCUT2D eigenvalue weighted by atomic mass is 32.1. The second-order valence-corrected chi connectivity index (χ2v) is 4.73. The zero-order valence-electron chi connectivity index (χ0n) is 9.45. The van der Waals surface area contributed by atoms with Crippen molar-refractivity contribution in [2.75, 3.05) is 5.32 Å². The predicted molar refractivity (Wildman–Crippen MR) is 65.9 cm³/mol. The fraction of sp³-hybridized carbons (Fsp3) is 0.167. The number of halogens is 1. The molecule has 2 rings (SSSR count). The van der Waals surface area contributed by atoms with Crippen LogP contribution in [-0.2, 0) is 0 Å². The van der Waals surface area contributed by atoms with Gasteiger partial charge in [-0.05, 0) is 31.5 Å². The van der Waals surface area contributed by atoms with E-state index in [9.17, 15) is 9.18 Å². The maximum Gasteiger partial charge on any atom is 0.275 e. The molecule has 0 aliphatic rings. The number of rotatable bonds is 2. The Balaban J connectivity index is 2.15. The molecular formula is C12H11FN2OS. The summed E-state index contributed by atoms with van der Waals surface area (Å²) in [6.45, 7) is 3.50. The molecule has 1 amide bonds. The quantitative estimate of drug-likeness (QED) is 0.889. The van der Waals surface area contributed by atoms with Crippen LogP contribution in [0.15, 0.2) is 23.6 Å². The first-order valence-corrected chi connectivity index (χ1v) is 5.94. The van der Waals surface area contributed by atoms with Crippen molar-refractivity contribution < 1.29 is 9.18 Å². The number of carbonyl (C=O) groups is 1. The molecule has 0 bridgehead atoms. The van der Waals surface area contributed by atoms with Gasteiger partial charge in [-0.2, -0.15) is 0 Å². The number of anilines is 1. The van der Waals surface area contributed by atoms with Crippen molar-refractivity contribution in [1.82, 2.24) is 4.98 Å². The molecular weight excluding hydrogens is 239 g/mol. The smallest absolute Gasteiger partial charge is 0.275 e. The Kier molecular flexibility index (Phi) is 3.19. The van der Waals surface area contributed by atoms with Crippen molar-refractivity contribution in [2.24, 2.45) is 0 Å². The molecule has 0 unspecified atom stereocenters. The fourth-order valence-electron chi connectivity index (χ4n) is 1.33. The van der Waals surface area contributed by atoms with Crippen LogP contribution in [-0.4, -0.2) is 10.9 Å². The van der Waals surface area contributed by atoms with Crippen LogP contribution < -0.4 is 5.32 Å². The van der Waals surface area contributed by atoms with Gasteiger partial charge in [0.05, 0.1) is 5.01 Å². The molecule has 1 aromatic carbocycles. The number of benzene rings is 1. The number of aromatic nitrogens is 1. The van der Waals surface area contributed by atoms with Crippen LogP contribution in [0.25, 0.3) is 0 Å². The van der Waals surface area contributed by atoms with Gasteiger partial charge >= 0.3 is 0 Å². The summed E-state index contributed by atoms with van der Waals surface area (Å²) in [5.74, 6) is -0.658. The summed E-state index contributed by atoms with van der Waals surface area (Å²) in [5.41, 5.74) is 1.34. The number of nitrogens with zero attached hydrogens (tertiary/aromatic N) is 1. The first-order valence-electron chi connectivity index (χ1n) is 5.06. The Bertz CT molecular complexity index is 565. The molecule has 1 heterocycles. The number of nitrogens with one attached hydrogen (secondary N) is 1. The van der Waals surface area contributed by atoms with Crippen molar-refractivity contribution in [3.05, 3.63) is 45.7 Å².